The number of nitrogens with one attached hydrogen (secondary N) is 1. The van der Waals surface area contributed by atoms with E-state index in [0.29, 0.717) is 11.1 Å². The zero-order valence-electron chi connectivity index (χ0n) is 11.1. The summed E-state index contributed by atoms with van der Waals surface area (Å²) in [5, 5.41) is 4.25. The van der Waals surface area contributed by atoms with E-state index >= 15 is 0 Å². The van der Waals surface area contributed by atoms with Crippen LogP contribution in [0.2, 0.25) is 5.02 Å². The molecule has 0 amide bonds. The SMILES string of the molecule is COc1c(Br)cc(Cl)cc1NC1CCc2ccccc21. The van der Waals surface area contributed by atoms with Gasteiger partial charge in [0.2, 0.25) is 0 Å². The van der Waals surface area contributed by atoms with E-state index in [2.05, 4.69) is 45.5 Å². The summed E-state index contributed by atoms with van der Waals surface area (Å²) in [5.41, 5.74) is 3.71. The summed E-state index contributed by atoms with van der Waals surface area (Å²) in [7, 11) is 1.67. The molecule has 1 atom stereocenters. The van der Waals surface area contributed by atoms with Gasteiger partial charge in [0.15, 0.2) is 5.75 Å². The number of methoxy groups -OCH3 is 1. The lowest BCUT2D eigenvalue weighted by atomic mass is 10.1. The van der Waals surface area contributed by atoms with Crippen molar-refractivity contribution in [2.45, 2.75) is 18.9 Å². The molecule has 20 heavy (non-hydrogen) atoms. The van der Waals surface area contributed by atoms with Crippen molar-refractivity contribution in [3.8, 4) is 5.75 Å². The molecule has 2 nitrogen and oxygen atoms in total. The Morgan fingerprint density at radius 3 is 2.90 bits per heavy atom. The molecular formula is C16H15BrClNO. The lowest BCUT2D eigenvalue weighted by Crippen LogP contribution is -2.08. The Hall–Kier alpha value is -1.19. The van der Waals surface area contributed by atoms with Gasteiger partial charge in [0, 0.05) is 5.02 Å². The number of rotatable bonds is 3. The normalized spacial score (nSPS) is 16.9. The van der Waals surface area contributed by atoms with E-state index in [0.717, 1.165) is 28.8 Å². The molecule has 1 N–H and O–H groups in total. The molecule has 0 fully saturated rings. The van der Waals surface area contributed by atoms with Gasteiger partial charge in [0.05, 0.1) is 23.3 Å². The summed E-state index contributed by atoms with van der Waals surface area (Å²) in [6.45, 7) is 0. The summed E-state index contributed by atoms with van der Waals surface area (Å²) in [4.78, 5) is 0. The van der Waals surface area contributed by atoms with Crippen LogP contribution in [0.5, 0.6) is 5.75 Å². The predicted molar refractivity (Wildman–Crippen MR) is 86.8 cm³/mol. The van der Waals surface area contributed by atoms with Crippen LogP contribution in [0.1, 0.15) is 23.6 Å². The molecule has 0 saturated heterocycles. The summed E-state index contributed by atoms with van der Waals surface area (Å²) in [6, 6.07) is 12.6. The minimum absolute atomic E-state index is 0.311. The number of ether oxygens (including phenoxy) is 1. The van der Waals surface area contributed by atoms with E-state index in [1.54, 1.807) is 7.11 Å². The average Bonchev–Trinajstić information content (AvgIpc) is 2.82. The van der Waals surface area contributed by atoms with Crippen LogP contribution in [-0.2, 0) is 6.42 Å². The minimum Gasteiger partial charge on any atom is -0.493 e. The van der Waals surface area contributed by atoms with Gasteiger partial charge in [-0.25, -0.2) is 0 Å². The Morgan fingerprint density at radius 1 is 1.30 bits per heavy atom. The number of hydrogen-bond acceptors (Lipinski definition) is 2. The van der Waals surface area contributed by atoms with Gasteiger partial charge in [0.25, 0.3) is 0 Å². The Labute approximate surface area is 132 Å². The Morgan fingerprint density at radius 2 is 2.10 bits per heavy atom. The van der Waals surface area contributed by atoms with Crippen LogP contribution in [0.4, 0.5) is 5.69 Å². The van der Waals surface area contributed by atoms with Gasteiger partial charge in [-0.3, -0.25) is 0 Å². The second-order valence-electron chi connectivity index (χ2n) is 4.90. The maximum absolute atomic E-state index is 6.14. The second-order valence-corrected chi connectivity index (χ2v) is 6.19. The lowest BCUT2D eigenvalue weighted by Gasteiger charge is -2.19. The Bertz CT molecular complexity index is 644. The fourth-order valence-electron chi connectivity index (χ4n) is 2.77. The van der Waals surface area contributed by atoms with Crippen LogP contribution in [0.15, 0.2) is 40.9 Å². The van der Waals surface area contributed by atoms with Gasteiger partial charge in [-0.15, -0.1) is 0 Å². The van der Waals surface area contributed by atoms with Crippen LogP contribution in [0.3, 0.4) is 0 Å². The predicted octanol–water partition coefficient (Wildman–Crippen LogP) is 5.21. The summed E-state index contributed by atoms with van der Waals surface area (Å²) in [6.07, 6.45) is 2.20. The van der Waals surface area contributed by atoms with E-state index in [-0.39, 0.29) is 0 Å². The van der Waals surface area contributed by atoms with E-state index in [1.807, 2.05) is 12.1 Å². The fourth-order valence-corrected chi connectivity index (χ4v) is 3.74. The van der Waals surface area contributed by atoms with Crippen molar-refractivity contribution in [2.75, 3.05) is 12.4 Å². The molecule has 0 aliphatic heterocycles. The van der Waals surface area contributed by atoms with Gasteiger partial charge in [-0.05, 0) is 52.0 Å². The van der Waals surface area contributed by atoms with E-state index in [1.165, 1.54) is 11.1 Å². The van der Waals surface area contributed by atoms with Crippen molar-refractivity contribution in [3.63, 3.8) is 0 Å². The van der Waals surface area contributed by atoms with E-state index in [4.69, 9.17) is 16.3 Å². The third-order valence-electron chi connectivity index (χ3n) is 3.68. The topological polar surface area (TPSA) is 21.3 Å². The van der Waals surface area contributed by atoms with Gasteiger partial charge in [0.1, 0.15) is 0 Å². The Balaban J connectivity index is 1.93. The van der Waals surface area contributed by atoms with Gasteiger partial charge in [-0.2, -0.15) is 0 Å². The highest BCUT2D eigenvalue weighted by Gasteiger charge is 2.23. The number of halogens is 2. The quantitative estimate of drug-likeness (QED) is 0.818. The molecule has 0 aromatic heterocycles. The smallest absolute Gasteiger partial charge is 0.156 e. The Kier molecular flexibility index (Phi) is 3.90. The molecule has 2 aromatic rings. The third-order valence-corrected chi connectivity index (χ3v) is 4.48. The highest BCUT2D eigenvalue weighted by Crippen LogP contribution is 2.40. The largest absolute Gasteiger partial charge is 0.493 e. The van der Waals surface area contributed by atoms with Crippen LogP contribution >= 0.6 is 27.5 Å². The second kappa shape index (κ2) is 5.66. The molecule has 2 aromatic carbocycles. The zero-order chi connectivity index (χ0) is 14.1. The van der Waals surface area contributed by atoms with Crippen LogP contribution in [-0.4, -0.2) is 7.11 Å². The maximum atomic E-state index is 6.14. The summed E-state index contributed by atoms with van der Waals surface area (Å²) < 4.78 is 6.32. The van der Waals surface area contributed by atoms with Crippen molar-refractivity contribution in [2.24, 2.45) is 0 Å². The standard InChI is InChI=1S/C16H15BrClNO/c1-20-16-13(17)8-11(18)9-15(16)19-14-7-6-10-4-2-3-5-12(10)14/h2-5,8-9,14,19H,6-7H2,1H3. The van der Waals surface area contributed by atoms with Crippen LogP contribution in [0, 0.1) is 0 Å². The summed E-state index contributed by atoms with van der Waals surface area (Å²) in [5.74, 6) is 0.791. The zero-order valence-corrected chi connectivity index (χ0v) is 13.5. The maximum Gasteiger partial charge on any atom is 0.156 e. The minimum atomic E-state index is 0.311. The molecule has 1 aliphatic carbocycles. The first kappa shape index (κ1) is 13.8. The summed E-state index contributed by atoms with van der Waals surface area (Å²) >= 11 is 9.63. The molecule has 1 unspecified atom stereocenters. The highest BCUT2D eigenvalue weighted by molar-refractivity contribution is 9.10. The van der Waals surface area contributed by atoms with E-state index < -0.39 is 0 Å². The van der Waals surface area contributed by atoms with Crippen molar-refractivity contribution in [3.05, 3.63) is 57.0 Å². The molecule has 3 rings (SSSR count). The van der Waals surface area contributed by atoms with Crippen molar-refractivity contribution in [1.82, 2.24) is 0 Å². The first-order valence-electron chi connectivity index (χ1n) is 6.56. The van der Waals surface area contributed by atoms with Gasteiger partial charge < -0.3 is 10.1 Å². The number of anilines is 1. The van der Waals surface area contributed by atoms with Crippen LogP contribution < -0.4 is 10.1 Å². The number of fused-ring (bicyclic) bond motifs is 1. The molecule has 0 bridgehead atoms. The molecule has 1 aliphatic rings. The number of hydrogen-bond donors (Lipinski definition) is 1. The highest BCUT2D eigenvalue weighted by atomic mass is 79.9. The average molecular weight is 353 g/mol. The first-order chi connectivity index (χ1) is 9.69. The van der Waals surface area contributed by atoms with Crippen molar-refractivity contribution in [1.29, 1.82) is 0 Å². The van der Waals surface area contributed by atoms with E-state index in [9.17, 15) is 0 Å². The van der Waals surface area contributed by atoms with Crippen molar-refractivity contribution >= 4 is 33.2 Å². The van der Waals surface area contributed by atoms with Crippen molar-refractivity contribution < 1.29 is 4.74 Å². The van der Waals surface area contributed by atoms with Gasteiger partial charge in [-0.1, -0.05) is 35.9 Å². The molecule has 104 valence electrons. The number of benzene rings is 2. The monoisotopic (exact) mass is 351 g/mol. The molecule has 0 heterocycles. The third kappa shape index (κ3) is 2.52. The van der Waals surface area contributed by atoms with Crippen LogP contribution in [0.25, 0.3) is 0 Å². The van der Waals surface area contributed by atoms with Gasteiger partial charge >= 0.3 is 0 Å². The molecule has 0 saturated carbocycles. The molecule has 0 spiro atoms. The first-order valence-corrected chi connectivity index (χ1v) is 7.73. The molecule has 0 radical (unpaired) electrons. The fraction of sp³-hybridized carbons (Fsp3) is 0.250. The lowest BCUT2D eigenvalue weighted by molar-refractivity contribution is 0.413. The molecular weight excluding hydrogens is 338 g/mol. The number of aryl methyl sites for hydroxylation is 1. The molecule has 4 heteroatoms.